The van der Waals surface area contributed by atoms with Gasteiger partial charge in [0.25, 0.3) is 5.89 Å². The molecule has 20 heavy (non-hydrogen) atoms. The standard InChI is InChI=1S/C13H14Cl2N2O3/c1-3-18-8(2)13-16-12(20-17-13)7-19-9-4-5-10(14)11(15)6-9/h4-6,8H,3,7H2,1-2H3. The number of aromatic nitrogens is 2. The molecule has 108 valence electrons. The van der Waals surface area contributed by atoms with Crippen LogP contribution in [0.15, 0.2) is 22.7 Å². The minimum absolute atomic E-state index is 0.157. The Morgan fingerprint density at radius 2 is 2.10 bits per heavy atom. The average molecular weight is 317 g/mol. The molecule has 1 aromatic heterocycles. The first kappa shape index (κ1) is 15.1. The van der Waals surface area contributed by atoms with E-state index < -0.39 is 0 Å². The largest absolute Gasteiger partial charge is 0.484 e. The second kappa shape index (κ2) is 6.92. The number of rotatable bonds is 6. The monoisotopic (exact) mass is 316 g/mol. The van der Waals surface area contributed by atoms with Crippen LogP contribution in [0, 0.1) is 0 Å². The summed E-state index contributed by atoms with van der Waals surface area (Å²) in [7, 11) is 0. The number of ether oxygens (including phenoxy) is 2. The van der Waals surface area contributed by atoms with Gasteiger partial charge in [-0.2, -0.15) is 4.98 Å². The topological polar surface area (TPSA) is 57.4 Å². The van der Waals surface area contributed by atoms with Crippen molar-refractivity contribution < 1.29 is 14.0 Å². The number of hydrogen-bond acceptors (Lipinski definition) is 5. The maximum absolute atomic E-state index is 5.90. The fourth-order valence-electron chi connectivity index (χ4n) is 1.53. The summed E-state index contributed by atoms with van der Waals surface area (Å²) < 4.78 is 16.0. The Morgan fingerprint density at radius 1 is 1.30 bits per heavy atom. The third-order valence-electron chi connectivity index (χ3n) is 2.52. The normalized spacial score (nSPS) is 12.4. The molecule has 7 heteroatoms. The Balaban J connectivity index is 1.95. The van der Waals surface area contributed by atoms with E-state index in [2.05, 4.69) is 10.1 Å². The molecule has 2 aromatic rings. The molecule has 0 aliphatic rings. The first-order chi connectivity index (χ1) is 9.60. The summed E-state index contributed by atoms with van der Waals surface area (Å²) in [6.07, 6.45) is -0.206. The van der Waals surface area contributed by atoms with Gasteiger partial charge in [-0.1, -0.05) is 28.4 Å². The average Bonchev–Trinajstić information content (AvgIpc) is 2.89. The molecule has 1 atom stereocenters. The van der Waals surface area contributed by atoms with E-state index in [0.717, 1.165) is 0 Å². The van der Waals surface area contributed by atoms with Crippen molar-refractivity contribution in [1.82, 2.24) is 10.1 Å². The highest BCUT2D eigenvalue weighted by Gasteiger charge is 2.14. The maximum Gasteiger partial charge on any atom is 0.264 e. The summed E-state index contributed by atoms with van der Waals surface area (Å²) >= 11 is 11.7. The van der Waals surface area contributed by atoms with E-state index in [9.17, 15) is 0 Å². The zero-order valence-electron chi connectivity index (χ0n) is 11.1. The van der Waals surface area contributed by atoms with Crippen molar-refractivity contribution in [3.63, 3.8) is 0 Å². The molecular formula is C13H14Cl2N2O3. The Bertz CT molecular complexity index is 574. The molecule has 0 amide bonds. The SMILES string of the molecule is CCOC(C)c1noc(COc2ccc(Cl)c(Cl)c2)n1. The van der Waals surface area contributed by atoms with Gasteiger partial charge in [0, 0.05) is 12.7 Å². The highest BCUT2D eigenvalue weighted by Crippen LogP contribution is 2.26. The number of benzene rings is 1. The fourth-order valence-corrected chi connectivity index (χ4v) is 1.82. The summed E-state index contributed by atoms with van der Waals surface area (Å²) in [5.41, 5.74) is 0. The van der Waals surface area contributed by atoms with E-state index in [1.165, 1.54) is 0 Å². The molecule has 1 heterocycles. The van der Waals surface area contributed by atoms with Gasteiger partial charge in [-0.25, -0.2) is 0 Å². The zero-order chi connectivity index (χ0) is 14.5. The van der Waals surface area contributed by atoms with Crippen molar-refractivity contribution in [2.45, 2.75) is 26.6 Å². The molecule has 0 saturated heterocycles. The van der Waals surface area contributed by atoms with E-state index >= 15 is 0 Å². The van der Waals surface area contributed by atoms with Crippen LogP contribution in [0.4, 0.5) is 0 Å². The second-order valence-electron chi connectivity index (χ2n) is 4.01. The van der Waals surface area contributed by atoms with E-state index in [1.54, 1.807) is 18.2 Å². The van der Waals surface area contributed by atoms with Crippen molar-refractivity contribution in [1.29, 1.82) is 0 Å². The molecule has 1 unspecified atom stereocenters. The molecule has 0 radical (unpaired) electrons. The molecule has 5 nitrogen and oxygen atoms in total. The van der Waals surface area contributed by atoms with Crippen molar-refractivity contribution >= 4 is 23.2 Å². The first-order valence-corrected chi connectivity index (χ1v) is 6.87. The van der Waals surface area contributed by atoms with Gasteiger partial charge < -0.3 is 14.0 Å². The molecule has 0 fully saturated rings. The predicted octanol–water partition coefficient (Wildman–Crippen LogP) is 4.05. The lowest BCUT2D eigenvalue weighted by Gasteiger charge is -2.05. The van der Waals surface area contributed by atoms with Crippen LogP contribution < -0.4 is 4.74 Å². The van der Waals surface area contributed by atoms with Crippen molar-refractivity contribution in [3.8, 4) is 5.75 Å². The number of halogens is 2. The molecule has 0 spiro atoms. The Kier molecular flexibility index (Phi) is 5.23. The lowest BCUT2D eigenvalue weighted by molar-refractivity contribution is 0.0683. The summed E-state index contributed by atoms with van der Waals surface area (Å²) in [4.78, 5) is 4.20. The Labute approximate surface area is 126 Å². The van der Waals surface area contributed by atoms with E-state index in [1.807, 2.05) is 13.8 Å². The van der Waals surface area contributed by atoms with Crippen LogP contribution >= 0.6 is 23.2 Å². The molecular weight excluding hydrogens is 303 g/mol. The van der Waals surface area contributed by atoms with Gasteiger partial charge in [0.1, 0.15) is 11.9 Å². The minimum atomic E-state index is -0.206. The molecule has 0 bridgehead atoms. The second-order valence-corrected chi connectivity index (χ2v) is 4.82. The molecule has 0 N–H and O–H groups in total. The Morgan fingerprint density at radius 3 is 2.80 bits per heavy atom. The quantitative estimate of drug-likeness (QED) is 0.804. The lowest BCUT2D eigenvalue weighted by Crippen LogP contribution is -2.02. The van der Waals surface area contributed by atoms with Crippen LogP contribution in [0.25, 0.3) is 0 Å². The third-order valence-corrected chi connectivity index (χ3v) is 3.26. The third kappa shape index (κ3) is 3.85. The van der Waals surface area contributed by atoms with Gasteiger partial charge in [0.15, 0.2) is 12.4 Å². The summed E-state index contributed by atoms with van der Waals surface area (Å²) in [6, 6.07) is 5.01. The van der Waals surface area contributed by atoms with E-state index in [0.29, 0.717) is 34.1 Å². The van der Waals surface area contributed by atoms with Crippen molar-refractivity contribution in [3.05, 3.63) is 40.0 Å². The van der Waals surface area contributed by atoms with E-state index in [-0.39, 0.29) is 12.7 Å². The molecule has 2 rings (SSSR count). The minimum Gasteiger partial charge on any atom is -0.484 e. The van der Waals surface area contributed by atoms with Crippen LogP contribution in [0.1, 0.15) is 31.7 Å². The van der Waals surface area contributed by atoms with Crippen LogP contribution in [0.3, 0.4) is 0 Å². The smallest absolute Gasteiger partial charge is 0.264 e. The van der Waals surface area contributed by atoms with Gasteiger partial charge in [-0.05, 0) is 26.0 Å². The lowest BCUT2D eigenvalue weighted by atomic mass is 10.3. The van der Waals surface area contributed by atoms with Crippen molar-refractivity contribution in [2.75, 3.05) is 6.61 Å². The highest BCUT2D eigenvalue weighted by molar-refractivity contribution is 6.42. The summed E-state index contributed by atoms with van der Waals surface area (Å²) in [6.45, 7) is 4.51. The van der Waals surface area contributed by atoms with Crippen LogP contribution in [-0.2, 0) is 11.3 Å². The molecule has 0 saturated carbocycles. The summed E-state index contributed by atoms with van der Waals surface area (Å²) in [5.74, 6) is 1.45. The molecule has 0 aliphatic carbocycles. The number of hydrogen-bond donors (Lipinski definition) is 0. The summed E-state index contributed by atoms with van der Waals surface area (Å²) in [5, 5.41) is 4.75. The molecule has 1 aromatic carbocycles. The zero-order valence-corrected chi connectivity index (χ0v) is 12.6. The molecule has 0 aliphatic heterocycles. The predicted molar refractivity (Wildman–Crippen MR) is 75.1 cm³/mol. The van der Waals surface area contributed by atoms with Gasteiger partial charge in [-0.15, -0.1) is 0 Å². The fraction of sp³-hybridized carbons (Fsp3) is 0.385. The van der Waals surface area contributed by atoms with Gasteiger partial charge in [0.2, 0.25) is 0 Å². The van der Waals surface area contributed by atoms with Crippen LogP contribution in [0.2, 0.25) is 10.0 Å². The van der Waals surface area contributed by atoms with Crippen LogP contribution in [-0.4, -0.2) is 16.7 Å². The number of nitrogens with zero attached hydrogens (tertiary/aromatic N) is 2. The Hall–Kier alpha value is -1.30. The highest BCUT2D eigenvalue weighted by atomic mass is 35.5. The van der Waals surface area contributed by atoms with Gasteiger partial charge >= 0.3 is 0 Å². The van der Waals surface area contributed by atoms with Gasteiger partial charge in [0.05, 0.1) is 10.0 Å². The van der Waals surface area contributed by atoms with E-state index in [4.69, 9.17) is 37.2 Å². The maximum atomic E-state index is 5.90. The first-order valence-electron chi connectivity index (χ1n) is 6.12. The van der Waals surface area contributed by atoms with Crippen molar-refractivity contribution in [2.24, 2.45) is 0 Å². The van der Waals surface area contributed by atoms with Crippen LogP contribution in [0.5, 0.6) is 5.75 Å². The van der Waals surface area contributed by atoms with Gasteiger partial charge in [-0.3, -0.25) is 0 Å².